The predicted octanol–water partition coefficient (Wildman–Crippen LogP) is 4.58. The first-order valence-corrected chi connectivity index (χ1v) is 12.5. The number of nitrogens with zero attached hydrogens (tertiary/aromatic N) is 5. The number of hydrogen-bond donors (Lipinski definition) is 1. The Labute approximate surface area is 219 Å². The lowest BCUT2D eigenvalue weighted by molar-refractivity contribution is 0.167. The van der Waals surface area contributed by atoms with Gasteiger partial charge in [0.2, 0.25) is 5.95 Å². The predicted molar refractivity (Wildman–Crippen MR) is 145 cm³/mol. The molecule has 0 aliphatic carbocycles. The molecule has 0 spiro atoms. The molecule has 8 nitrogen and oxygen atoms in total. The summed E-state index contributed by atoms with van der Waals surface area (Å²) in [6.45, 7) is 8.46. The van der Waals surface area contributed by atoms with Gasteiger partial charge in [0.15, 0.2) is 5.65 Å². The Morgan fingerprint density at radius 1 is 1.00 bits per heavy atom. The van der Waals surface area contributed by atoms with Gasteiger partial charge in [0.1, 0.15) is 12.9 Å². The lowest BCUT2D eigenvalue weighted by atomic mass is 10.1. The van der Waals surface area contributed by atoms with E-state index in [0.717, 1.165) is 42.3 Å². The van der Waals surface area contributed by atoms with Crippen molar-refractivity contribution in [2.45, 2.75) is 19.9 Å². The zero-order valence-corrected chi connectivity index (χ0v) is 21.7. The Balaban J connectivity index is 1.50. The molecule has 10 heteroatoms. The van der Waals surface area contributed by atoms with Gasteiger partial charge < -0.3 is 15.1 Å². The summed E-state index contributed by atoms with van der Waals surface area (Å²) < 4.78 is 15.9. The highest BCUT2D eigenvalue weighted by molar-refractivity contribution is 6.33. The van der Waals surface area contributed by atoms with E-state index in [1.165, 1.54) is 25.3 Å². The minimum atomic E-state index is -0.532. The first-order valence-electron chi connectivity index (χ1n) is 12.1. The van der Waals surface area contributed by atoms with Crippen molar-refractivity contribution in [2.75, 3.05) is 43.5 Å². The normalized spacial score (nSPS) is 14.4. The van der Waals surface area contributed by atoms with Gasteiger partial charge in [0.25, 0.3) is 5.56 Å². The highest BCUT2D eigenvalue weighted by atomic mass is 35.5. The summed E-state index contributed by atoms with van der Waals surface area (Å²) in [4.78, 5) is 31.6. The standard InChI is InChI=1S/C27H28ClFN6O2/c1-17(2)33-13-15-34(16-14-33)19-9-7-18(8-10-19)30-27-31-25(24-21(28)5-4-6-22(24)29)20-11-12-23(36)35(37-3)26(20)32-27/h4-12,17H,13-16H2,1-3H3,(H,30,31,32). The maximum Gasteiger partial charge on any atom is 0.285 e. The fourth-order valence-electron chi connectivity index (χ4n) is 4.62. The number of aromatic nitrogens is 3. The number of halogens is 2. The fourth-order valence-corrected chi connectivity index (χ4v) is 4.87. The van der Waals surface area contributed by atoms with Crippen molar-refractivity contribution in [3.05, 3.63) is 75.8 Å². The van der Waals surface area contributed by atoms with Gasteiger partial charge in [0.05, 0.1) is 16.3 Å². The van der Waals surface area contributed by atoms with Gasteiger partial charge in [-0.2, -0.15) is 4.98 Å². The van der Waals surface area contributed by atoms with Crippen LogP contribution in [0, 0.1) is 5.82 Å². The topological polar surface area (TPSA) is 75.5 Å². The molecule has 1 saturated heterocycles. The summed E-state index contributed by atoms with van der Waals surface area (Å²) in [7, 11) is 1.37. The summed E-state index contributed by atoms with van der Waals surface area (Å²) in [5.41, 5.74) is 2.05. The van der Waals surface area contributed by atoms with Gasteiger partial charge in [-0.05, 0) is 56.3 Å². The van der Waals surface area contributed by atoms with Crippen LogP contribution in [0.15, 0.2) is 59.4 Å². The summed E-state index contributed by atoms with van der Waals surface area (Å²) in [6.07, 6.45) is 0. The van der Waals surface area contributed by atoms with Crippen molar-refractivity contribution in [3.8, 4) is 11.3 Å². The third-order valence-electron chi connectivity index (χ3n) is 6.63. The van der Waals surface area contributed by atoms with Gasteiger partial charge in [-0.1, -0.05) is 17.7 Å². The van der Waals surface area contributed by atoms with Crippen molar-refractivity contribution in [1.82, 2.24) is 19.6 Å². The largest absolute Gasteiger partial charge is 0.412 e. The lowest BCUT2D eigenvalue weighted by Crippen LogP contribution is -2.48. The van der Waals surface area contributed by atoms with Crippen molar-refractivity contribution in [2.24, 2.45) is 0 Å². The molecule has 1 aliphatic rings. The summed E-state index contributed by atoms with van der Waals surface area (Å²) in [5, 5.41) is 3.81. The molecule has 2 aromatic carbocycles. The fraction of sp³-hybridized carbons (Fsp3) is 0.296. The number of piperazine rings is 1. The SMILES string of the molecule is COn1c(=O)ccc2c(-c3c(F)cccc3Cl)nc(Nc3ccc(N4CCN(C(C)C)CC4)cc3)nc21. The van der Waals surface area contributed by atoms with Crippen molar-refractivity contribution in [3.63, 3.8) is 0 Å². The second-order valence-corrected chi connectivity index (χ2v) is 9.57. The molecule has 2 aromatic heterocycles. The number of rotatable bonds is 6. The van der Waals surface area contributed by atoms with E-state index in [1.54, 1.807) is 12.1 Å². The van der Waals surface area contributed by atoms with E-state index in [2.05, 4.69) is 38.9 Å². The van der Waals surface area contributed by atoms with Gasteiger partial charge >= 0.3 is 0 Å². The minimum absolute atomic E-state index is 0.122. The Bertz CT molecular complexity index is 1460. The van der Waals surface area contributed by atoms with Crippen molar-refractivity contribution >= 4 is 40.0 Å². The van der Waals surface area contributed by atoms with Crippen LogP contribution in [-0.4, -0.2) is 58.9 Å². The Kier molecular flexibility index (Phi) is 6.99. The first kappa shape index (κ1) is 25.0. The monoisotopic (exact) mass is 522 g/mol. The van der Waals surface area contributed by atoms with Gasteiger partial charge in [-0.25, -0.2) is 9.37 Å². The number of anilines is 3. The van der Waals surface area contributed by atoms with Crippen LogP contribution in [-0.2, 0) is 0 Å². The van der Waals surface area contributed by atoms with E-state index < -0.39 is 11.4 Å². The third-order valence-corrected chi connectivity index (χ3v) is 6.94. The molecule has 0 atom stereocenters. The molecule has 1 aliphatic heterocycles. The molecule has 4 aromatic rings. The van der Waals surface area contributed by atoms with E-state index in [1.807, 2.05) is 24.3 Å². The van der Waals surface area contributed by atoms with Crippen LogP contribution in [0.1, 0.15) is 13.8 Å². The van der Waals surface area contributed by atoms with Crippen LogP contribution in [0.2, 0.25) is 5.02 Å². The van der Waals surface area contributed by atoms with Crippen LogP contribution < -0.4 is 20.6 Å². The quantitative estimate of drug-likeness (QED) is 0.397. The molecule has 0 amide bonds. The van der Waals surface area contributed by atoms with E-state index in [-0.39, 0.29) is 27.9 Å². The van der Waals surface area contributed by atoms with Crippen LogP contribution in [0.5, 0.6) is 0 Å². The second-order valence-electron chi connectivity index (χ2n) is 9.17. The molecule has 5 rings (SSSR count). The molecule has 0 saturated carbocycles. The first-order chi connectivity index (χ1) is 17.9. The van der Waals surface area contributed by atoms with Crippen molar-refractivity contribution in [1.29, 1.82) is 0 Å². The molecular weight excluding hydrogens is 495 g/mol. The smallest absolute Gasteiger partial charge is 0.285 e. The second kappa shape index (κ2) is 10.4. The average molecular weight is 523 g/mol. The van der Waals surface area contributed by atoms with Crippen LogP contribution in [0.4, 0.5) is 21.7 Å². The molecule has 0 bridgehead atoms. The van der Waals surface area contributed by atoms with Crippen LogP contribution in [0.25, 0.3) is 22.3 Å². The molecule has 192 valence electrons. The number of hydrogen-bond acceptors (Lipinski definition) is 7. The third kappa shape index (κ3) is 4.97. The highest BCUT2D eigenvalue weighted by Gasteiger charge is 2.21. The molecule has 37 heavy (non-hydrogen) atoms. The van der Waals surface area contributed by atoms with Gasteiger partial charge in [-0.15, -0.1) is 4.73 Å². The van der Waals surface area contributed by atoms with E-state index in [0.29, 0.717) is 11.4 Å². The summed E-state index contributed by atoms with van der Waals surface area (Å²) in [6, 6.07) is 15.8. The molecule has 0 unspecified atom stereocenters. The number of benzene rings is 2. The lowest BCUT2D eigenvalue weighted by Gasteiger charge is -2.38. The Morgan fingerprint density at radius 2 is 1.73 bits per heavy atom. The Hall–Kier alpha value is -3.69. The minimum Gasteiger partial charge on any atom is -0.412 e. The van der Waals surface area contributed by atoms with E-state index >= 15 is 0 Å². The zero-order valence-electron chi connectivity index (χ0n) is 20.9. The van der Waals surface area contributed by atoms with Gasteiger partial charge in [-0.3, -0.25) is 9.69 Å². The van der Waals surface area contributed by atoms with E-state index in [4.69, 9.17) is 16.4 Å². The molecule has 3 heterocycles. The summed E-state index contributed by atoms with van der Waals surface area (Å²) >= 11 is 6.37. The molecule has 0 radical (unpaired) electrons. The Morgan fingerprint density at radius 3 is 2.38 bits per heavy atom. The number of nitrogens with one attached hydrogen (secondary N) is 1. The number of fused-ring (bicyclic) bond motifs is 1. The zero-order chi connectivity index (χ0) is 26.1. The maximum atomic E-state index is 14.9. The summed E-state index contributed by atoms with van der Waals surface area (Å²) in [5.74, 6) is -0.355. The van der Waals surface area contributed by atoms with Crippen LogP contribution in [0.3, 0.4) is 0 Å². The highest BCUT2D eigenvalue weighted by Crippen LogP contribution is 2.34. The maximum absolute atomic E-state index is 14.9. The average Bonchev–Trinajstić information content (AvgIpc) is 2.89. The molecular formula is C27H28ClFN6O2. The van der Waals surface area contributed by atoms with Crippen LogP contribution >= 0.6 is 11.6 Å². The van der Waals surface area contributed by atoms with Crippen molar-refractivity contribution < 1.29 is 9.23 Å². The van der Waals surface area contributed by atoms with Gasteiger partial charge in [0, 0.05) is 55.0 Å². The number of pyridine rings is 1. The molecule has 1 fully saturated rings. The molecule has 1 N–H and O–H groups in total. The van der Waals surface area contributed by atoms with E-state index in [9.17, 15) is 9.18 Å².